The molecule has 0 saturated carbocycles. The van der Waals surface area contributed by atoms with Gasteiger partial charge in [0.05, 0.1) is 0 Å². The third kappa shape index (κ3) is 3.59. The fraction of sp³-hybridized carbons (Fsp3) is 0.400. The molecular weight excluding hydrogens is 202 g/mol. The summed E-state index contributed by atoms with van der Waals surface area (Å²) in [6.07, 6.45) is 0. The van der Waals surface area contributed by atoms with Crippen LogP contribution in [-0.4, -0.2) is 17.4 Å². The minimum atomic E-state index is 0.795. The Morgan fingerprint density at radius 3 is 2.15 bits per heavy atom. The minimum absolute atomic E-state index is 0.795. The second-order valence-corrected chi connectivity index (χ2v) is 4.27. The van der Waals surface area contributed by atoms with E-state index in [4.69, 9.17) is 11.6 Å². The summed E-state index contributed by atoms with van der Waals surface area (Å²) in [7, 11) is 0. The molecule has 0 fully saturated rings. The van der Waals surface area contributed by atoms with Crippen LogP contribution < -0.4 is 0 Å². The molecule has 0 N–H and O–H groups in total. The van der Waals surface area contributed by atoms with E-state index < -0.39 is 0 Å². The highest BCUT2D eigenvalue weighted by Crippen LogP contribution is 2.23. The molecule has 0 aromatic heterocycles. The van der Waals surface area contributed by atoms with Crippen molar-refractivity contribution in [1.82, 2.24) is 4.31 Å². The number of halogens is 1. The summed E-state index contributed by atoms with van der Waals surface area (Å²) in [4.78, 5) is 1.24. The van der Waals surface area contributed by atoms with E-state index in [2.05, 4.69) is 18.2 Å². The van der Waals surface area contributed by atoms with Gasteiger partial charge in [-0.1, -0.05) is 25.4 Å². The van der Waals surface area contributed by atoms with Crippen molar-refractivity contribution >= 4 is 23.5 Å². The van der Waals surface area contributed by atoms with Gasteiger partial charge in [-0.15, -0.1) is 0 Å². The fourth-order valence-corrected chi connectivity index (χ4v) is 1.94. The van der Waals surface area contributed by atoms with Gasteiger partial charge in [-0.25, -0.2) is 4.31 Å². The molecule has 0 radical (unpaired) electrons. The van der Waals surface area contributed by atoms with Gasteiger partial charge in [0.2, 0.25) is 0 Å². The summed E-state index contributed by atoms with van der Waals surface area (Å²) in [6.45, 7) is 6.44. The Morgan fingerprint density at radius 2 is 1.69 bits per heavy atom. The average molecular weight is 216 g/mol. The van der Waals surface area contributed by atoms with Crippen molar-refractivity contribution in [3.8, 4) is 0 Å². The molecule has 0 heterocycles. The first-order valence-electron chi connectivity index (χ1n) is 4.44. The van der Waals surface area contributed by atoms with Crippen LogP contribution in [-0.2, 0) is 0 Å². The Bertz CT molecular complexity index is 244. The molecule has 0 spiro atoms. The van der Waals surface area contributed by atoms with Gasteiger partial charge in [-0.05, 0) is 36.2 Å². The zero-order valence-corrected chi connectivity index (χ0v) is 9.53. The lowest BCUT2D eigenvalue weighted by Crippen LogP contribution is -2.13. The first-order chi connectivity index (χ1) is 6.26. The van der Waals surface area contributed by atoms with Crippen LogP contribution in [0.5, 0.6) is 0 Å². The SMILES string of the molecule is CCN(CC)Sc1ccc(Cl)cc1. The van der Waals surface area contributed by atoms with Gasteiger partial charge in [0.25, 0.3) is 0 Å². The Hall–Kier alpha value is -0.180. The Balaban J connectivity index is 2.58. The maximum atomic E-state index is 5.79. The van der Waals surface area contributed by atoms with Gasteiger partial charge >= 0.3 is 0 Å². The van der Waals surface area contributed by atoms with Gasteiger partial charge in [0, 0.05) is 23.0 Å². The molecule has 1 aromatic rings. The fourth-order valence-electron chi connectivity index (χ4n) is 0.997. The third-order valence-corrected chi connectivity index (χ3v) is 3.26. The van der Waals surface area contributed by atoms with Crippen LogP contribution >= 0.6 is 23.5 Å². The van der Waals surface area contributed by atoms with E-state index in [0.717, 1.165) is 18.1 Å². The third-order valence-electron chi connectivity index (χ3n) is 1.75. The van der Waals surface area contributed by atoms with Crippen LogP contribution in [0.25, 0.3) is 0 Å². The number of rotatable bonds is 4. The van der Waals surface area contributed by atoms with Crippen LogP contribution in [0.1, 0.15) is 13.8 Å². The maximum Gasteiger partial charge on any atom is 0.0406 e. The van der Waals surface area contributed by atoms with Crippen LogP contribution in [0, 0.1) is 0 Å². The van der Waals surface area contributed by atoms with E-state index in [0.29, 0.717) is 0 Å². The summed E-state index contributed by atoms with van der Waals surface area (Å²) in [5.41, 5.74) is 0. The van der Waals surface area contributed by atoms with Crippen LogP contribution in [0.15, 0.2) is 29.2 Å². The van der Waals surface area contributed by atoms with E-state index in [1.165, 1.54) is 4.90 Å². The van der Waals surface area contributed by atoms with Crippen molar-refractivity contribution in [2.45, 2.75) is 18.7 Å². The molecule has 0 aliphatic rings. The molecular formula is C10H14ClNS. The van der Waals surface area contributed by atoms with Crippen molar-refractivity contribution in [2.75, 3.05) is 13.1 Å². The molecule has 3 heteroatoms. The molecule has 0 atom stereocenters. The highest BCUT2D eigenvalue weighted by atomic mass is 35.5. The molecule has 0 unspecified atom stereocenters. The van der Waals surface area contributed by atoms with Gasteiger partial charge in [0.15, 0.2) is 0 Å². The molecule has 0 aliphatic carbocycles. The molecule has 1 aromatic carbocycles. The zero-order chi connectivity index (χ0) is 9.68. The van der Waals surface area contributed by atoms with Gasteiger partial charge in [0.1, 0.15) is 0 Å². The smallest absolute Gasteiger partial charge is 0.0406 e. The number of benzene rings is 1. The molecule has 0 aliphatic heterocycles. The normalized spacial score (nSPS) is 10.8. The molecule has 72 valence electrons. The van der Waals surface area contributed by atoms with E-state index in [-0.39, 0.29) is 0 Å². The summed E-state index contributed by atoms with van der Waals surface area (Å²) >= 11 is 7.57. The summed E-state index contributed by atoms with van der Waals surface area (Å²) in [6, 6.07) is 7.94. The predicted octanol–water partition coefficient (Wildman–Crippen LogP) is 3.69. The summed E-state index contributed by atoms with van der Waals surface area (Å²) < 4.78 is 2.29. The lowest BCUT2D eigenvalue weighted by Gasteiger charge is -2.16. The first-order valence-corrected chi connectivity index (χ1v) is 5.60. The van der Waals surface area contributed by atoms with E-state index in [9.17, 15) is 0 Å². The van der Waals surface area contributed by atoms with E-state index in [1.807, 2.05) is 24.3 Å². The Kier molecular flexibility index (Phi) is 4.64. The van der Waals surface area contributed by atoms with Gasteiger partial charge < -0.3 is 0 Å². The number of hydrogen-bond donors (Lipinski definition) is 0. The van der Waals surface area contributed by atoms with Crippen molar-refractivity contribution in [2.24, 2.45) is 0 Å². The summed E-state index contributed by atoms with van der Waals surface area (Å²) in [5, 5.41) is 0.795. The van der Waals surface area contributed by atoms with Gasteiger partial charge in [-0.2, -0.15) is 0 Å². The van der Waals surface area contributed by atoms with Crippen LogP contribution in [0.4, 0.5) is 0 Å². The van der Waals surface area contributed by atoms with Crippen molar-refractivity contribution in [3.63, 3.8) is 0 Å². The maximum absolute atomic E-state index is 5.79. The standard InChI is InChI=1S/C10H14ClNS/c1-3-12(4-2)13-10-7-5-9(11)6-8-10/h5-8H,3-4H2,1-2H3. The predicted molar refractivity (Wildman–Crippen MR) is 60.2 cm³/mol. The lowest BCUT2D eigenvalue weighted by atomic mass is 10.4. The summed E-state index contributed by atoms with van der Waals surface area (Å²) in [5.74, 6) is 0. The lowest BCUT2D eigenvalue weighted by molar-refractivity contribution is 0.525. The monoisotopic (exact) mass is 215 g/mol. The topological polar surface area (TPSA) is 3.24 Å². The van der Waals surface area contributed by atoms with E-state index in [1.54, 1.807) is 11.9 Å². The molecule has 13 heavy (non-hydrogen) atoms. The first kappa shape index (κ1) is 10.9. The Labute approximate surface area is 89.2 Å². The highest BCUT2D eigenvalue weighted by Gasteiger charge is 2.00. The second-order valence-electron chi connectivity index (χ2n) is 2.66. The molecule has 0 bridgehead atoms. The zero-order valence-electron chi connectivity index (χ0n) is 7.96. The minimum Gasteiger partial charge on any atom is -0.247 e. The number of nitrogens with zero attached hydrogens (tertiary/aromatic N) is 1. The van der Waals surface area contributed by atoms with Crippen molar-refractivity contribution in [1.29, 1.82) is 0 Å². The highest BCUT2D eigenvalue weighted by molar-refractivity contribution is 7.97. The number of hydrogen-bond acceptors (Lipinski definition) is 2. The second kappa shape index (κ2) is 5.53. The average Bonchev–Trinajstić information content (AvgIpc) is 2.17. The van der Waals surface area contributed by atoms with Crippen LogP contribution in [0.3, 0.4) is 0 Å². The van der Waals surface area contributed by atoms with Crippen LogP contribution in [0.2, 0.25) is 5.02 Å². The van der Waals surface area contributed by atoms with Crippen molar-refractivity contribution in [3.05, 3.63) is 29.3 Å². The largest absolute Gasteiger partial charge is 0.247 e. The van der Waals surface area contributed by atoms with Crippen molar-refractivity contribution < 1.29 is 0 Å². The molecule has 0 amide bonds. The molecule has 1 nitrogen and oxygen atoms in total. The molecule has 1 rings (SSSR count). The molecule has 0 saturated heterocycles. The van der Waals surface area contributed by atoms with Gasteiger partial charge in [-0.3, -0.25) is 0 Å². The Morgan fingerprint density at radius 1 is 1.15 bits per heavy atom. The quantitative estimate of drug-likeness (QED) is 0.705. The van der Waals surface area contributed by atoms with E-state index >= 15 is 0 Å².